The molecule has 0 aromatic heterocycles. The molecule has 4 heteroatoms. The Labute approximate surface area is 139 Å². The Morgan fingerprint density at radius 1 is 1.22 bits per heavy atom. The van der Waals surface area contributed by atoms with E-state index in [2.05, 4.69) is 43.4 Å². The van der Waals surface area contributed by atoms with Crippen LogP contribution in [0.15, 0.2) is 24.3 Å². The van der Waals surface area contributed by atoms with Gasteiger partial charge in [-0.1, -0.05) is 36.8 Å². The average Bonchev–Trinajstić information content (AvgIpc) is 2.99. The maximum absolute atomic E-state index is 12.5. The maximum atomic E-state index is 12.5. The van der Waals surface area contributed by atoms with Gasteiger partial charge in [0.1, 0.15) is 0 Å². The smallest absolute Gasteiger partial charge is 0.222 e. The summed E-state index contributed by atoms with van der Waals surface area (Å²) in [7, 11) is 1.63. The van der Waals surface area contributed by atoms with Crippen molar-refractivity contribution >= 4 is 11.8 Å². The molecule has 1 N–H and O–H groups in total. The molecule has 2 amide bonds. The lowest BCUT2D eigenvalue weighted by Crippen LogP contribution is -2.37. The number of amides is 2. The molecule has 4 nitrogen and oxygen atoms in total. The van der Waals surface area contributed by atoms with E-state index in [-0.39, 0.29) is 17.9 Å². The largest absolute Gasteiger partial charge is 0.359 e. The number of nitrogens with one attached hydrogen (secondary N) is 1. The number of nitrogens with zero attached hydrogens (tertiary/aromatic N) is 1. The molecule has 2 atom stereocenters. The highest BCUT2D eigenvalue weighted by Gasteiger charge is 2.36. The highest BCUT2D eigenvalue weighted by molar-refractivity contribution is 5.79. The number of carbonyl (C=O) groups is 2. The molecule has 126 valence electrons. The van der Waals surface area contributed by atoms with Crippen molar-refractivity contribution in [3.63, 3.8) is 0 Å². The summed E-state index contributed by atoms with van der Waals surface area (Å²) < 4.78 is 0. The van der Waals surface area contributed by atoms with Gasteiger partial charge in [0.15, 0.2) is 0 Å². The van der Waals surface area contributed by atoms with E-state index in [0.717, 1.165) is 19.4 Å². The molecule has 23 heavy (non-hydrogen) atoms. The topological polar surface area (TPSA) is 49.4 Å². The second-order valence-corrected chi connectivity index (χ2v) is 6.40. The van der Waals surface area contributed by atoms with Crippen LogP contribution < -0.4 is 5.32 Å². The molecule has 1 aliphatic heterocycles. The third-order valence-electron chi connectivity index (χ3n) is 4.86. The molecule has 0 unspecified atom stereocenters. The van der Waals surface area contributed by atoms with E-state index in [1.807, 2.05) is 4.90 Å². The van der Waals surface area contributed by atoms with Gasteiger partial charge in [-0.15, -0.1) is 0 Å². The van der Waals surface area contributed by atoms with Crippen molar-refractivity contribution < 1.29 is 9.59 Å². The quantitative estimate of drug-likeness (QED) is 0.877. The fourth-order valence-electron chi connectivity index (χ4n) is 3.54. The minimum atomic E-state index is 0.00351. The Hall–Kier alpha value is -1.84. The van der Waals surface area contributed by atoms with E-state index in [9.17, 15) is 9.59 Å². The van der Waals surface area contributed by atoms with Crippen LogP contribution in [-0.2, 0) is 9.59 Å². The van der Waals surface area contributed by atoms with Gasteiger partial charge < -0.3 is 10.2 Å². The van der Waals surface area contributed by atoms with Gasteiger partial charge in [-0.2, -0.15) is 0 Å². The minimum Gasteiger partial charge on any atom is -0.359 e. The van der Waals surface area contributed by atoms with E-state index in [1.165, 1.54) is 11.1 Å². The summed E-state index contributed by atoms with van der Waals surface area (Å²) in [4.78, 5) is 25.8. The van der Waals surface area contributed by atoms with E-state index in [1.54, 1.807) is 7.05 Å². The van der Waals surface area contributed by atoms with Gasteiger partial charge in [0.25, 0.3) is 0 Å². The molecule has 0 spiro atoms. The summed E-state index contributed by atoms with van der Waals surface area (Å²) in [6.45, 7) is 5.08. The summed E-state index contributed by atoms with van der Waals surface area (Å²) >= 11 is 0. The zero-order chi connectivity index (χ0) is 16.8. The van der Waals surface area contributed by atoms with Crippen molar-refractivity contribution in [2.45, 2.75) is 57.9 Å². The molecule has 1 saturated heterocycles. The Balaban J connectivity index is 1.97. The van der Waals surface area contributed by atoms with E-state index >= 15 is 0 Å². The zero-order valence-corrected chi connectivity index (χ0v) is 14.5. The van der Waals surface area contributed by atoms with Crippen LogP contribution in [0.5, 0.6) is 0 Å². The lowest BCUT2D eigenvalue weighted by atomic mass is 9.90. The Bertz CT molecular complexity index is 539. The number of rotatable bonds is 6. The second-order valence-electron chi connectivity index (χ2n) is 6.40. The lowest BCUT2D eigenvalue weighted by molar-refractivity contribution is -0.132. The number of aryl methyl sites for hydroxylation is 1. The van der Waals surface area contributed by atoms with Crippen LogP contribution in [0.3, 0.4) is 0 Å². The van der Waals surface area contributed by atoms with Crippen LogP contribution in [0.25, 0.3) is 0 Å². The predicted octanol–water partition coefficient (Wildman–Crippen LogP) is 3.01. The summed E-state index contributed by atoms with van der Waals surface area (Å²) in [5.41, 5.74) is 2.60. The standard InChI is InChI=1S/C19H28N2O2/c1-4-17-16(15-10-8-14(2)9-11-15)12-13-21(17)19(23)7-5-6-18(22)20-3/h8-11,16-17H,4-7,12-13H2,1-3H3,(H,20,22)/t16-,17-/m1/s1. The molecule has 1 aliphatic rings. The fraction of sp³-hybridized carbons (Fsp3) is 0.579. The van der Waals surface area contributed by atoms with Gasteiger partial charge in [0.05, 0.1) is 0 Å². The molecule has 1 heterocycles. The van der Waals surface area contributed by atoms with Crippen molar-refractivity contribution in [3.8, 4) is 0 Å². The van der Waals surface area contributed by atoms with Crippen molar-refractivity contribution in [1.82, 2.24) is 10.2 Å². The SMILES string of the molecule is CC[C@@H]1[C@@H](c2ccc(C)cc2)CCN1C(=O)CCCC(=O)NC. The first kappa shape index (κ1) is 17.5. The number of benzene rings is 1. The van der Waals surface area contributed by atoms with Crippen LogP contribution >= 0.6 is 0 Å². The van der Waals surface area contributed by atoms with Crippen molar-refractivity contribution in [1.29, 1.82) is 0 Å². The number of hydrogen-bond donors (Lipinski definition) is 1. The second kappa shape index (κ2) is 8.14. The average molecular weight is 316 g/mol. The van der Waals surface area contributed by atoms with Crippen molar-refractivity contribution in [3.05, 3.63) is 35.4 Å². The van der Waals surface area contributed by atoms with Gasteiger partial charge in [0, 0.05) is 38.4 Å². The Morgan fingerprint density at radius 3 is 2.52 bits per heavy atom. The van der Waals surface area contributed by atoms with Gasteiger partial charge in [-0.05, 0) is 31.7 Å². The molecule has 2 rings (SSSR count). The molecule has 1 aromatic rings. The summed E-state index contributed by atoms with van der Waals surface area (Å²) in [6, 6.07) is 8.97. The monoisotopic (exact) mass is 316 g/mol. The van der Waals surface area contributed by atoms with Gasteiger partial charge in [-0.25, -0.2) is 0 Å². The molecule has 0 saturated carbocycles. The van der Waals surface area contributed by atoms with Gasteiger partial charge in [0.2, 0.25) is 11.8 Å². The third kappa shape index (κ3) is 4.34. The number of likely N-dealkylation sites (tertiary alicyclic amines) is 1. The van der Waals surface area contributed by atoms with E-state index in [0.29, 0.717) is 25.2 Å². The van der Waals surface area contributed by atoms with E-state index in [4.69, 9.17) is 0 Å². The predicted molar refractivity (Wildman–Crippen MR) is 92.2 cm³/mol. The molecule has 0 aliphatic carbocycles. The van der Waals surface area contributed by atoms with Crippen LogP contribution in [0.4, 0.5) is 0 Å². The minimum absolute atomic E-state index is 0.00351. The summed E-state index contributed by atoms with van der Waals surface area (Å²) in [6.07, 6.45) is 3.52. The third-order valence-corrected chi connectivity index (χ3v) is 4.86. The van der Waals surface area contributed by atoms with Crippen LogP contribution in [-0.4, -0.2) is 36.3 Å². The highest BCUT2D eigenvalue weighted by atomic mass is 16.2. The zero-order valence-electron chi connectivity index (χ0n) is 14.5. The van der Waals surface area contributed by atoms with Crippen LogP contribution in [0.1, 0.15) is 56.1 Å². The molecule has 1 fully saturated rings. The number of hydrogen-bond acceptors (Lipinski definition) is 2. The lowest BCUT2D eigenvalue weighted by Gasteiger charge is -2.27. The first-order chi connectivity index (χ1) is 11.1. The molecular formula is C19H28N2O2. The molecular weight excluding hydrogens is 288 g/mol. The van der Waals surface area contributed by atoms with Gasteiger partial charge >= 0.3 is 0 Å². The maximum Gasteiger partial charge on any atom is 0.222 e. The highest BCUT2D eigenvalue weighted by Crippen LogP contribution is 2.35. The fourth-order valence-corrected chi connectivity index (χ4v) is 3.54. The molecule has 0 bridgehead atoms. The first-order valence-electron chi connectivity index (χ1n) is 8.63. The summed E-state index contributed by atoms with van der Waals surface area (Å²) in [5.74, 6) is 0.627. The van der Waals surface area contributed by atoms with Crippen molar-refractivity contribution in [2.24, 2.45) is 0 Å². The molecule has 0 radical (unpaired) electrons. The summed E-state index contributed by atoms with van der Waals surface area (Å²) in [5, 5.41) is 2.60. The van der Waals surface area contributed by atoms with Gasteiger partial charge in [-0.3, -0.25) is 9.59 Å². The van der Waals surface area contributed by atoms with Crippen LogP contribution in [0, 0.1) is 6.92 Å². The van der Waals surface area contributed by atoms with Crippen molar-refractivity contribution in [2.75, 3.05) is 13.6 Å². The van der Waals surface area contributed by atoms with Crippen LogP contribution in [0.2, 0.25) is 0 Å². The Morgan fingerprint density at radius 2 is 1.91 bits per heavy atom. The number of carbonyl (C=O) groups excluding carboxylic acids is 2. The molecule has 1 aromatic carbocycles. The van der Waals surface area contributed by atoms with E-state index < -0.39 is 0 Å². The normalized spacial score (nSPS) is 20.6. The Kier molecular flexibility index (Phi) is 6.20. The first-order valence-corrected chi connectivity index (χ1v) is 8.63.